The fourth-order valence-corrected chi connectivity index (χ4v) is 6.49. The van der Waals surface area contributed by atoms with E-state index < -0.39 is 16.1 Å². The molecule has 0 aliphatic heterocycles. The average Bonchev–Trinajstić information content (AvgIpc) is 3.29. The number of carbonyl (C=O) groups is 2. The van der Waals surface area contributed by atoms with Gasteiger partial charge in [0.05, 0.1) is 4.90 Å². The van der Waals surface area contributed by atoms with Crippen LogP contribution in [-0.2, 0) is 26.0 Å². The normalized spacial score (nSPS) is 13.5. The van der Waals surface area contributed by atoms with Gasteiger partial charge in [-0.15, -0.1) is 0 Å². The Morgan fingerprint density at radius 3 is 2.38 bits per heavy atom. The number of hydrogen-bond donors (Lipinski definition) is 4. The molecule has 1 aromatic heterocycles. The first kappa shape index (κ1) is 30.2. The lowest BCUT2D eigenvalue weighted by Crippen LogP contribution is -2.47. The number of aromatic nitrogens is 1. The van der Waals surface area contributed by atoms with E-state index in [0.29, 0.717) is 38.0 Å². The van der Waals surface area contributed by atoms with Crippen molar-refractivity contribution in [1.29, 1.82) is 0 Å². The molecule has 0 saturated carbocycles. The van der Waals surface area contributed by atoms with Gasteiger partial charge in [-0.25, -0.2) is 8.42 Å². The summed E-state index contributed by atoms with van der Waals surface area (Å²) in [5.74, 6) is -0.342. The smallest absolute Gasteiger partial charge is 0.243 e. The molecule has 2 aromatic carbocycles. The number of sulfonamides is 1. The van der Waals surface area contributed by atoms with E-state index in [-0.39, 0.29) is 28.7 Å². The van der Waals surface area contributed by atoms with Crippen molar-refractivity contribution in [2.75, 3.05) is 18.8 Å². The van der Waals surface area contributed by atoms with Crippen LogP contribution in [0.4, 0.5) is 5.69 Å². The molecule has 39 heavy (non-hydrogen) atoms. The van der Waals surface area contributed by atoms with E-state index >= 15 is 0 Å². The van der Waals surface area contributed by atoms with Crippen molar-refractivity contribution in [3.8, 4) is 0 Å². The quantitative estimate of drug-likeness (QED) is 0.177. The zero-order valence-corrected chi connectivity index (χ0v) is 24.1. The maximum absolute atomic E-state index is 13.4. The molecule has 0 aliphatic rings. The number of anilines is 1. The summed E-state index contributed by atoms with van der Waals surface area (Å²) < 4.78 is 28.3. The fraction of sp³-hybridized carbons (Fsp3) is 0.448. The van der Waals surface area contributed by atoms with Crippen molar-refractivity contribution in [1.82, 2.24) is 19.9 Å². The molecule has 10 heteroatoms. The van der Waals surface area contributed by atoms with Crippen LogP contribution in [-0.4, -0.2) is 54.7 Å². The first-order valence-electron chi connectivity index (χ1n) is 13.5. The molecular formula is C29H41N5O4S. The molecule has 3 aromatic rings. The Balaban J connectivity index is 1.55. The lowest BCUT2D eigenvalue weighted by atomic mass is 10.0. The number of benzene rings is 2. The van der Waals surface area contributed by atoms with E-state index in [1.54, 1.807) is 28.6 Å². The summed E-state index contributed by atoms with van der Waals surface area (Å²) in [5, 5.41) is 6.72. The van der Waals surface area contributed by atoms with Gasteiger partial charge >= 0.3 is 0 Å². The number of aromatic amines is 1. The number of nitrogen functional groups attached to an aromatic ring is 1. The number of nitrogens with two attached hydrogens (primary N) is 1. The summed E-state index contributed by atoms with van der Waals surface area (Å²) in [7, 11) is -3.67. The lowest BCUT2D eigenvalue weighted by Gasteiger charge is -2.30. The van der Waals surface area contributed by atoms with Gasteiger partial charge in [0, 0.05) is 55.3 Å². The van der Waals surface area contributed by atoms with Gasteiger partial charge < -0.3 is 21.4 Å². The summed E-state index contributed by atoms with van der Waals surface area (Å²) in [6.45, 7) is 8.16. The Kier molecular flexibility index (Phi) is 10.5. The number of carbonyl (C=O) groups excluding carboxylic acids is 2. The van der Waals surface area contributed by atoms with Crippen LogP contribution in [0, 0.1) is 5.92 Å². The largest absolute Gasteiger partial charge is 0.399 e. The van der Waals surface area contributed by atoms with Crippen molar-refractivity contribution in [3.63, 3.8) is 0 Å². The number of H-pyrrole nitrogens is 1. The summed E-state index contributed by atoms with van der Waals surface area (Å²) in [6, 6.07) is 13.2. The topological polar surface area (TPSA) is 137 Å². The molecule has 9 nitrogen and oxygen atoms in total. The van der Waals surface area contributed by atoms with Crippen molar-refractivity contribution in [3.05, 3.63) is 60.3 Å². The second-order valence-corrected chi connectivity index (χ2v) is 12.4. The molecule has 0 bridgehead atoms. The van der Waals surface area contributed by atoms with Crippen LogP contribution in [0.3, 0.4) is 0 Å². The van der Waals surface area contributed by atoms with Crippen molar-refractivity contribution < 1.29 is 18.0 Å². The molecule has 2 atom stereocenters. The molecular weight excluding hydrogens is 514 g/mol. The van der Waals surface area contributed by atoms with E-state index in [1.807, 2.05) is 51.2 Å². The molecule has 0 aliphatic carbocycles. The molecule has 0 fully saturated rings. The van der Waals surface area contributed by atoms with E-state index in [0.717, 1.165) is 22.9 Å². The molecule has 0 radical (unpaired) electrons. The van der Waals surface area contributed by atoms with Gasteiger partial charge in [0.25, 0.3) is 0 Å². The predicted octanol–water partition coefficient (Wildman–Crippen LogP) is 3.82. The highest BCUT2D eigenvalue weighted by molar-refractivity contribution is 7.89. The molecule has 3 rings (SSSR count). The van der Waals surface area contributed by atoms with Gasteiger partial charge in [-0.2, -0.15) is 4.31 Å². The molecule has 2 amide bonds. The Bertz CT molecular complexity index is 1350. The highest BCUT2D eigenvalue weighted by atomic mass is 32.2. The third kappa shape index (κ3) is 8.31. The van der Waals surface area contributed by atoms with Crippen molar-refractivity contribution >= 4 is 38.4 Å². The van der Waals surface area contributed by atoms with Gasteiger partial charge in [0.1, 0.15) is 6.04 Å². The van der Waals surface area contributed by atoms with E-state index in [2.05, 4.69) is 15.6 Å². The van der Waals surface area contributed by atoms with Crippen LogP contribution >= 0.6 is 0 Å². The van der Waals surface area contributed by atoms with Crippen LogP contribution in [0.1, 0.15) is 52.5 Å². The monoisotopic (exact) mass is 555 g/mol. The zero-order valence-electron chi connectivity index (χ0n) is 23.2. The minimum atomic E-state index is -3.67. The van der Waals surface area contributed by atoms with Crippen LogP contribution in [0.2, 0.25) is 0 Å². The van der Waals surface area contributed by atoms with Crippen molar-refractivity contribution in [2.24, 2.45) is 5.92 Å². The summed E-state index contributed by atoms with van der Waals surface area (Å²) in [6.07, 6.45) is 4.32. The maximum Gasteiger partial charge on any atom is 0.243 e. The van der Waals surface area contributed by atoms with Crippen molar-refractivity contribution in [2.45, 2.75) is 70.4 Å². The Morgan fingerprint density at radius 2 is 1.72 bits per heavy atom. The zero-order chi connectivity index (χ0) is 28.6. The molecule has 1 heterocycles. The molecule has 0 unspecified atom stereocenters. The lowest BCUT2D eigenvalue weighted by molar-refractivity contribution is -0.128. The maximum atomic E-state index is 13.4. The second kappa shape index (κ2) is 13.6. The first-order chi connectivity index (χ1) is 18.5. The third-order valence-corrected chi connectivity index (χ3v) is 8.66. The number of rotatable bonds is 14. The van der Waals surface area contributed by atoms with Gasteiger partial charge in [-0.3, -0.25) is 9.59 Å². The van der Waals surface area contributed by atoms with Crippen LogP contribution < -0.4 is 16.4 Å². The van der Waals surface area contributed by atoms with Crippen LogP contribution in [0.25, 0.3) is 10.9 Å². The third-order valence-electron chi connectivity index (χ3n) is 6.66. The molecule has 0 saturated heterocycles. The summed E-state index contributed by atoms with van der Waals surface area (Å²) in [5.41, 5.74) is 8.19. The minimum absolute atomic E-state index is 0.165. The van der Waals surface area contributed by atoms with Gasteiger partial charge in [-0.1, -0.05) is 38.5 Å². The van der Waals surface area contributed by atoms with Crippen LogP contribution in [0.15, 0.2) is 59.6 Å². The van der Waals surface area contributed by atoms with Crippen LogP contribution in [0.5, 0.6) is 0 Å². The second-order valence-electron chi connectivity index (χ2n) is 10.5. The number of nitrogens with one attached hydrogen (secondary N) is 3. The van der Waals surface area contributed by atoms with E-state index in [4.69, 9.17) is 5.73 Å². The Labute approximate surface area is 231 Å². The van der Waals surface area contributed by atoms with Gasteiger partial charge in [-0.05, 0) is 61.6 Å². The molecule has 0 spiro atoms. The number of nitrogens with zero attached hydrogens (tertiary/aromatic N) is 1. The average molecular weight is 556 g/mol. The Morgan fingerprint density at radius 1 is 1.03 bits per heavy atom. The number of fused-ring (bicyclic) bond motifs is 1. The summed E-state index contributed by atoms with van der Waals surface area (Å²) in [4.78, 5) is 28.2. The predicted molar refractivity (Wildman–Crippen MR) is 156 cm³/mol. The summed E-state index contributed by atoms with van der Waals surface area (Å²) >= 11 is 0. The number of hydrogen-bond acceptors (Lipinski definition) is 5. The highest BCUT2D eigenvalue weighted by Gasteiger charge is 2.29. The SMILES string of the molecule is CC(=O)N[C@@H](Cc1c[nH]c2ccccc12)C(=O)NCCCC[C@@H](C)N(CC(C)C)S(=O)(=O)c1ccc(N)cc1. The fourth-order valence-electron chi connectivity index (χ4n) is 4.67. The standard InChI is InChI=1S/C29H41N5O4S/c1-20(2)19-34(39(37,38)25-14-12-24(30)13-15-25)21(3)9-7-8-16-31-29(36)28(33-22(4)35)17-23-18-32-27-11-6-5-10-26(23)27/h5-6,10-15,18,20-21,28,32H,7-9,16-17,19,30H2,1-4H3,(H,31,36)(H,33,35)/t21-,28+/m1/s1. The Hall–Kier alpha value is -3.37. The van der Waals surface area contributed by atoms with E-state index in [1.165, 1.54) is 6.92 Å². The number of amides is 2. The van der Waals surface area contributed by atoms with Gasteiger partial charge in [0.2, 0.25) is 21.8 Å². The van der Waals surface area contributed by atoms with E-state index in [9.17, 15) is 18.0 Å². The van der Waals surface area contributed by atoms with Gasteiger partial charge in [0.15, 0.2) is 0 Å². The number of unbranched alkanes of at least 4 members (excludes halogenated alkanes) is 1. The molecule has 212 valence electrons. The molecule has 5 N–H and O–H groups in total. The first-order valence-corrected chi connectivity index (χ1v) is 14.9. The number of para-hydroxylation sites is 1. The minimum Gasteiger partial charge on any atom is -0.399 e. The highest BCUT2D eigenvalue weighted by Crippen LogP contribution is 2.23.